The first-order valence-electron chi connectivity index (χ1n) is 9.46. The Morgan fingerprint density at radius 1 is 1.07 bits per heavy atom. The number of phenols is 2. The van der Waals surface area contributed by atoms with Gasteiger partial charge in [-0.1, -0.05) is 32.5 Å². The summed E-state index contributed by atoms with van der Waals surface area (Å²) in [5.74, 6) is -0.0924. The van der Waals surface area contributed by atoms with Gasteiger partial charge in [-0.3, -0.25) is 4.79 Å². The van der Waals surface area contributed by atoms with Crippen molar-refractivity contribution in [1.82, 2.24) is 0 Å². The van der Waals surface area contributed by atoms with Crippen molar-refractivity contribution in [2.75, 3.05) is 7.11 Å². The second kappa shape index (κ2) is 7.92. The van der Waals surface area contributed by atoms with Crippen molar-refractivity contribution >= 4 is 31.0 Å². The topological polar surface area (TPSA) is 89.1 Å². The van der Waals surface area contributed by atoms with E-state index < -0.39 is 19.5 Å². The van der Waals surface area contributed by atoms with Crippen LogP contribution >= 0.6 is 11.8 Å². The largest absolute Gasteiger partial charge is 0.544 e. The van der Waals surface area contributed by atoms with Gasteiger partial charge in [0, 0.05) is 17.0 Å². The molecule has 0 aliphatic rings. The Hall–Kier alpha value is -2.58. The molecule has 0 atom stereocenters. The van der Waals surface area contributed by atoms with Gasteiger partial charge in [0.1, 0.15) is 16.7 Å². The lowest BCUT2D eigenvalue weighted by molar-refractivity contribution is 0.345. The second-order valence-electron chi connectivity index (χ2n) is 8.52. The zero-order valence-electron chi connectivity index (χ0n) is 17.9. The molecule has 30 heavy (non-hydrogen) atoms. The summed E-state index contributed by atoms with van der Waals surface area (Å²) in [4.78, 5) is 13.4. The molecule has 0 aliphatic carbocycles. The van der Waals surface area contributed by atoms with E-state index in [2.05, 4.69) is 33.9 Å². The van der Waals surface area contributed by atoms with Gasteiger partial charge in [0.2, 0.25) is 14.1 Å². The number of ether oxygens (including phenoxy) is 1. The Balaban J connectivity index is 1.87. The number of phenolic OH excluding ortho intramolecular Hbond substituents is 2. The zero-order valence-corrected chi connectivity index (χ0v) is 19.7. The third kappa shape index (κ3) is 4.29. The van der Waals surface area contributed by atoms with Gasteiger partial charge in [0.25, 0.3) is 0 Å². The number of rotatable bonds is 5. The SMILES string of the molecule is COc1c(O)cc2oc(Sc3ccc(O[Si](C)(C)C(C)(C)C)cc3)cc(=O)c2c1O. The number of benzene rings is 2. The minimum absolute atomic E-state index is 0.0351. The van der Waals surface area contributed by atoms with Crippen LogP contribution < -0.4 is 14.6 Å². The lowest BCUT2D eigenvalue weighted by Crippen LogP contribution is -2.43. The Bertz CT molecular complexity index is 1130. The molecular formula is C22H26O6SSi. The van der Waals surface area contributed by atoms with E-state index in [0.717, 1.165) is 10.6 Å². The van der Waals surface area contributed by atoms with Crippen LogP contribution in [-0.2, 0) is 0 Å². The van der Waals surface area contributed by atoms with E-state index in [-0.39, 0.29) is 27.5 Å². The third-order valence-electron chi connectivity index (χ3n) is 5.33. The van der Waals surface area contributed by atoms with Crippen LogP contribution in [0.5, 0.6) is 23.0 Å². The molecule has 2 N–H and O–H groups in total. The van der Waals surface area contributed by atoms with E-state index in [4.69, 9.17) is 13.6 Å². The quantitative estimate of drug-likeness (QED) is 0.482. The highest BCUT2D eigenvalue weighted by Gasteiger charge is 2.38. The molecular weight excluding hydrogens is 420 g/mol. The molecule has 3 aromatic rings. The predicted molar refractivity (Wildman–Crippen MR) is 121 cm³/mol. The first kappa shape index (κ1) is 22.1. The van der Waals surface area contributed by atoms with Crippen LogP contribution in [0, 0.1) is 0 Å². The first-order chi connectivity index (χ1) is 13.9. The van der Waals surface area contributed by atoms with E-state index in [1.807, 2.05) is 24.3 Å². The third-order valence-corrected chi connectivity index (χ3v) is 10.6. The van der Waals surface area contributed by atoms with Gasteiger partial charge in [-0.15, -0.1) is 0 Å². The van der Waals surface area contributed by atoms with Gasteiger partial charge >= 0.3 is 0 Å². The predicted octanol–water partition coefficient (Wildman–Crippen LogP) is 5.75. The number of aromatic hydroxyl groups is 2. The van der Waals surface area contributed by atoms with Crippen molar-refractivity contribution in [3.8, 4) is 23.0 Å². The summed E-state index contributed by atoms with van der Waals surface area (Å²) in [5.41, 5.74) is -0.342. The minimum atomic E-state index is -1.92. The fourth-order valence-electron chi connectivity index (χ4n) is 2.64. The van der Waals surface area contributed by atoms with E-state index >= 15 is 0 Å². The number of hydrogen-bond acceptors (Lipinski definition) is 7. The van der Waals surface area contributed by atoms with Crippen LogP contribution in [0.3, 0.4) is 0 Å². The van der Waals surface area contributed by atoms with Crippen LogP contribution in [0.2, 0.25) is 18.1 Å². The van der Waals surface area contributed by atoms with Crippen LogP contribution in [0.4, 0.5) is 0 Å². The average molecular weight is 447 g/mol. The van der Waals surface area contributed by atoms with Crippen molar-refractivity contribution in [2.24, 2.45) is 0 Å². The molecule has 0 fully saturated rings. The van der Waals surface area contributed by atoms with E-state index in [9.17, 15) is 15.0 Å². The molecule has 160 valence electrons. The summed E-state index contributed by atoms with van der Waals surface area (Å²) in [6, 6.07) is 10.2. The summed E-state index contributed by atoms with van der Waals surface area (Å²) in [6.45, 7) is 11.0. The van der Waals surface area contributed by atoms with Gasteiger partial charge in [-0.05, 0) is 42.4 Å². The smallest absolute Gasteiger partial charge is 0.250 e. The summed E-state index contributed by atoms with van der Waals surface area (Å²) in [5, 5.41) is 20.6. The summed E-state index contributed by atoms with van der Waals surface area (Å²) in [6.07, 6.45) is 0. The molecule has 0 amide bonds. The van der Waals surface area contributed by atoms with E-state index in [0.29, 0.717) is 5.09 Å². The standard InChI is InChI=1S/C22H26O6SSi/c1-22(2,3)30(5,6)28-13-7-9-14(10-8-13)29-18-12-15(23)19-17(27-18)11-16(24)21(26-4)20(19)25/h7-12,24-25H,1-6H3. The molecule has 0 spiro atoms. The first-order valence-corrected chi connectivity index (χ1v) is 13.2. The molecule has 1 heterocycles. The average Bonchev–Trinajstić information content (AvgIpc) is 2.62. The molecule has 0 radical (unpaired) electrons. The number of hydrogen-bond donors (Lipinski definition) is 2. The fraction of sp³-hybridized carbons (Fsp3) is 0.318. The van der Waals surface area contributed by atoms with Crippen molar-refractivity contribution in [1.29, 1.82) is 0 Å². The number of methoxy groups -OCH3 is 1. The molecule has 1 aromatic heterocycles. The molecule has 8 heteroatoms. The Labute approximate surface area is 180 Å². The Kier molecular flexibility index (Phi) is 5.84. The molecule has 0 saturated carbocycles. The van der Waals surface area contributed by atoms with Gasteiger partial charge < -0.3 is 23.8 Å². The van der Waals surface area contributed by atoms with E-state index in [1.165, 1.54) is 31.0 Å². The monoisotopic (exact) mass is 446 g/mol. The lowest BCUT2D eigenvalue weighted by atomic mass is 10.2. The fourth-order valence-corrected chi connectivity index (χ4v) is 4.47. The van der Waals surface area contributed by atoms with Crippen molar-refractivity contribution in [3.05, 3.63) is 46.6 Å². The molecule has 0 aliphatic heterocycles. The van der Waals surface area contributed by atoms with Crippen LogP contribution in [0.1, 0.15) is 20.8 Å². The second-order valence-corrected chi connectivity index (χ2v) is 14.3. The highest BCUT2D eigenvalue weighted by atomic mass is 32.2. The minimum Gasteiger partial charge on any atom is -0.544 e. The van der Waals surface area contributed by atoms with Crippen LogP contribution in [0.15, 0.2) is 55.6 Å². The summed E-state index contributed by atoms with van der Waals surface area (Å²) >= 11 is 1.27. The van der Waals surface area contributed by atoms with Crippen LogP contribution in [0.25, 0.3) is 11.0 Å². The summed E-state index contributed by atoms with van der Waals surface area (Å²) in [7, 11) is -0.622. The van der Waals surface area contributed by atoms with Crippen molar-refractivity contribution in [3.63, 3.8) is 0 Å². The van der Waals surface area contributed by atoms with Gasteiger partial charge in [-0.2, -0.15) is 0 Å². The lowest BCUT2D eigenvalue weighted by Gasteiger charge is -2.36. The maximum Gasteiger partial charge on any atom is 0.250 e. The van der Waals surface area contributed by atoms with Crippen LogP contribution in [-0.4, -0.2) is 25.6 Å². The molecule has 0 bridgehead atoms. The Morgan fingerprint density at radius 2 is 1.70 bits per heavy atom. The summed E-state index contributed by atoms with van der Waals surface area (Å²) < 4.78 is 16.9. The Morgan fingerprint density at radius 3 is 2.27 bits per heavy atom. The molecule has 0 unspecified atom stereocenters. The molecule has 6 nitrogen and oxygen atoms in total. The van der Waals surface area contributed by atoms with Crippen molar-refractivity contribution in [2.45, 2.75) is 48.9 Å². The van der Waals surface area contributed by atoms with Gasteiger partial charge in [0.05, 0.1) is 7.11 Å². The van der Waals surface area contributed by atoms with E-state index in [1.54, 1.807) is 0 Å². The molecule has 2 aromatic carbocycles. The highest BCUT2D eigenvalue weighted by Crippen LogP contribution is 2.42. The maximum absolute atomic E-state index is 12.5. The van der Waals surface area contributed by atoms with Gasteiger partial charge in [0.15, 0.2) is 22.0 Å². The van der Waals surface area contributed by atoms with Gasteiger partial charge in [-0.25, -0.2) is 0 Å². The molecule has 0 saturated heterocycles. The normalized spacial score (nSPS) is 12.2. The highest BCUT2D eigenvalue weighted by molar-refractivity contribution is 7.99. The maximum atomic E-state index is 12.5. The van der Waals surface area contributed by atoms with Crippen molar-refractivity contribution < 1.29 is 23.8 Å². The number of fused-ring (bicyclic) bond motifs is 1. The zero-order chi connectivity index (χ0) is 22.3. The molecule has 3 rings (SSSR count).